The molecule has 0 fully saturated rings. The van der Waals surface area contributed by atoms with Gasteiger partial charge >= 0.3 is 11.9 Å². The highest BCUT2D eigenvalue weighted by Crippen LogP contribution is 2.06. The second kappa shape index (κ2) is 4.41. The second-order valence-corrected chi connectivity index (χ2v) is 2.44. The molecule has 1 aromatic rings. The van der Waals surface area contributed by atoms with Crippen LogP contribution in [0.15, 0.2) is 24.3 Å². The first kappa shape index (κ1) is 5.80. The molecule has 2 N–H and O–H groups in total. The van der Waals surface area contributed by atoms with Crippen molar-refractivity contribution in [2.24, 2.45) is 0 Å². The van der Waals surface area contributed by atoms with Gasteiger partial charge in [0.25, 0.3) is 0 Å². The average molecular weight is 198 g/mol. The molecule has 74 valence electrons. The lowest BCUT2D eigenvalue weighted by atomic mass is 10.1. The summed E-state index contributed by atoms with van der Waals surface area (Å²) in [4.78, 5) is 21.3. The number of aryl methyl sites for hydroxylation is 1. The molecule has 0 atom stereocenters. The Kier molecular flexibility index (Phi) is 1.83. The molecular formula is C10H10O4. The minimum atomic E-state index is -3.11. The zero-order valence-electron chi connectivity index (χ0n) is 11.0. The fourth-order valence-electron chi connectivity index (χ4n) is 0.822. The van der Waals surface area contributed by atoms with Gasteiger partial charge in [-0.15, -0.1) is 0 Å². The van der Waals surface area contributed by atoms with Crippen LogP contribution in [0.2, 0.25) is 0 Å². The summed E-state index contributed by atoms with van der Waals surface area (Å²) in [6.45, 7) is 0. The maximum absolute atomic E-state index is 10.7. The quantitative estimate of drug-likeness (QED) is 0.766. The minimum absolute atomic E-state index is 0.0922. The zero-order chi connectivity index (χ0) is 14.1. The summed E-state index contributed by atoms with van der Waals surface area (Å²) < 4.78 is 29.6. The molecule has 14 heavy (non-hydrogen) atoms. The van der Waals surface area contributed by atoms with E-state index in [9.17, 15) is 9.59 Å². The van der Waals surface area contributed by atoms with E-state index in [0.717, 1.165) is 24.3 Å². The van der Waals surface area contributed by atoms with Crippen LogP contribution in [0.3, 0.4) is 0 Å². The van der Waals surface area contributed by atoms with E-state index in [1.165, 1.54) is 0 Å². The topological polar surface area (TPSA) is 74.6 Å². The molecule has 0 aliphatic carbocycles. The van der Waals surface area contributed by atoms with E-state index in [1.54, 1.807) is 0 Å². The van der Waals surface area contributed by atoms with Gasteiger partial charge in [0.05, 0.1) is 5.56 Å². The molecule has 0 amide bonds. The summed E-state index contributed by atoms with van der Waals surface area (Å²) in [5.41, 5.74) is -0.328. The number of benzene rings is 1. The number of carbonyl (C=O) groups is 2. The summed E-state index contributed by atoms with van der Waals surface area (Å²) in [7, 11) is 0. The van der Waals surface area contributed by atoms with Gasteiger partial charge < -0.3 is 10.2 Å². The molecule has 0 aromatic heterocycles. The molecule has 4 heteroatoms. The maximum atomic E-state index is 10.7. The predicted octanol–water partition coefficient (Wildman–Crippen LogP) is 1.40. The Morgan fingerprint density at radius 2 is 1.79 bits per heavy atom. The second-order valence-electron chi connectivity index (χ2n) is 2.44. The van der Waals surface area contributed by atoms with E-state index < -0.39 is 24.7 Å². The average Bonchev–Trinajstić information content (AvgIpc) is 2.28. The van der Waals surface area contributed by atoms with Crippen LogP contribution in [0.25, 0.3) is 0 Å². The van der Waals surface area contributed by atoms with E-state index in [0.29, 0.717) is 0 Å². The summed E-state index contributed by atoms with van der Waals surface area (Å²) in [5.74, 6) is -3.13. The largest absolute Gasteiger partial charge is 0.481 e. The van der Waals surface area contributed by atoms with Crippen molar-refractivity contribution in [3.05, 3.63) is 35.4 Å². The summed E-state index contributed by atoms with van der Waals surface area (Å²) in [5, 5.41) is 17.3. The third-order valence-electron chi connectivity index (χ3n) is 1.45. The van der Waals surface area contributed by atoms with Crippen molar-refractivity contribution in [1.29, 1.82) is 0 Å². The van der Waals surface area contributed by atoms with Crippen LogP contribution in [0.1, 0.15) is 27.8 Å². The van der Waals surface area contributed by atoms with E-state index in [-0.39, 0.29) is 11.1 Å². The van der Waals surface area contributed by atoms with Gasteiger partial charge in [0.1, 0.15) is 0 Å². The zero-order valence-corrected chi connectivity index (χ0v) is 7.02. The Bertz CT molecular complexity index is 481. The van der Waals surface area contributed by atoms with Gasteiger partial charge in [0.2, 0.25) is 0 Å². The van der Waals surface area contributed by atoms with Crippen molar-refractivity contribution in [2.45, 2.75) is 12.7 Å². The summed E-state index contributed by atoms with van der Waals surface area (Å²) in [6.07, 6.45) is -5.88. The molecular weight excluding hydrogens is 184 g/mol. The smallest absolute Gasteiger partial charge is 0.335 e. The van der Waals surface area contributed by atoms with E-state index in [2.05, 4.69) is 0 Å². The fraction of sp³-hybridized carbons (Fsp3) is 0.200. The molecule has 0 spiro atoms. The standard InChI is InChI=1S/C10H10O4/c11-9(12)6-3-7-1-4-8(5-2-7)10(13)14/h1-2,4-5H,3,6H2,(H,11,12)(H,13,14)/i3D2,6D2. The van der Waals surface area contributed by atoms with Crippen LogP contribution in [0.5, 0.6) is 0 Å². The van der Waals surface area contributed by atoms with Gasteiger partial charge in [-0.25, -0.2) is 4.79 Å². The van der Waals surface area contributed by atoms with Crippen molar-refractivity contribution >= 4 is 11.9 Å². The van der Waals surface area contributed by atoms with Gasteiger partial charge in [0.15, 0.2) is 0 Å². The highest BCUT2D eigenvalue weighted by atomic mass is 16.4. The highest BCUT2D eigenvalue weighted by molar-refractivity contribution is 5.87. The number of hydrogen-bond donors (Lipinski definition) is 2. The van der Waals surface area contributed by atoms with Crippen molar-refractivity contribution in [1.82, 2.24) is 0 Å². The van der Waals surface area contributed by atoms with Gasteiger partial charge in [-0.2, -0.15) is 0 Å². The number of hydrogen-bond acceptors (Lipinski definition) is 2. The first-order valence-electron chi connectivity index (χ1n) is 5.68. The maximum Gasteiger partial charge on any atom is 0.335 e. The first-order valence-corrected chi connectivity index (χ1v) is 3.68. The van der Waals surface area contributed by atoms with Gasteiger partial charge in [-0.1, -0.05) is 12.1 Å². The van der Waals surface area contributed by atoms with Crippen LogP contribution >= 0.6 is 0 Å². The molecule has 0 saturated heterocycles. The Labute approximate surface area is 86.4 Å². The molecule has 0 bridgehead atoms. The lowest BCUT2D eigenvalue weighted by molar-refractivity contribution is -0.136. The fourth-order valence-corrected chi connectivity index (χ4v) is 0.822. The highest BCUT2D eigenvalue weighted by Gasteiger charge is 2.02. The molecule has 0 radical (unpaired) electrons. The number of rotatable bonds is 4. The van der Waals surface area contributed by atoms with Crippen LogP contribution in [-0.4, -0.2) is 22.2 Å². The third-order valence-corrected chi connectivity index (χ3v) is 1.45. The number of carboxylic acids is 2. The van der Waals surface area contributed by atoms with Crippen LogP contribution in [0, 0.1) is 0 Å². The molecule has 1 aromatic carbocycles. The predicted molar refractivity (Wildman–Crippen MR) is 49.4 cm³/mol. The van der Waals surface area contributed by atoms with Crippen molar-refractivity contribution in [2.75, 3.05) is 0 Å². The molecule has 0 aliphatic rings. The molecule has 4 nitrogen and oxygen atoms in total. The third kappa shape index (κ3) is 2.90. The van der Waals surface area contributed by atoms with Gasteiger partial charge in [-0.05, 0) is 24.1 Å². The van der Waals surface area contributed by atoms with Gasteiger partial charge in [-0.3, -0.25) is 4.79 Å². The Morgan fingerprint density at radius 3 is 2.21 bits per heavy atom. The summed E-state index contributed by atoms with van der Waals surface area (Å²) in [6, 6.07) is 4.30. The van der Waals surface area contributed by atoms with Crippen molar-refractivity contribution in [3.8, 4) is 0 Å². The van der Waals surface area contributed by atoms with Crippen molar-refractivity contribution in [3.63, 3.8) is 0 Å². The Hall–Kier alpha value is -1.84. The SMILES string of the molecule is [2H]C([2H])(C(=O)O)C([2H])([2H])c1ccc(C(=O)O)cc1. The number of aromatic carboxylic acids is 1. The van der Waals surface area contributed by atoms with Gasteiger partial charge in [0, 0.05) is 11.9 Å². The number of carboxylic acid groups (broad SMARTS) is 2. The van der Waals surface area contributed by atoms with Crippen molar-refractivity contribution < 1.29 is 25.3 Å². The van der Waals surface area contributed by atoms with Crippen LogP contribution in [-0.2, 0) is 11.2 Å². The molecule has 0 aliphatic heterocycles. The van der Waals surface area contributed by atoms with Crippen LogP contribution < -0.4 is 0 Å². The minimum Gasteiger partial charge on any atom is -0.481 e. The normalized spacial score (nSPS) is 16.0. The van der Waals surface area contributed by atoms with E-state index in [4.69, 9.17) is 15.7 Å². The molecule has 1 rings (SSSR count). The first-order chi connectivity index (χ1) is 8.10. The van der Waals surface area contributed by atoms with E-state index >= 15 is 0 Å². The monoisotopic (exact) mass is 198 g/mol. The van der Waals surface area contributed by atoms with Crippen LogP contribution in [0.4, 0.5) is 0 Å². The molecule has 0 unspecified atom stereocenters. The number of aliphatic carboxylic acids is 1. The lowest BCUT2D eigenvalue weighted by Crippen LogP contribution is -1.99. The summed E-state index contributed by atoms with van der Waals surface area (Å²) >= 11 is 0. The molecule has 0 heterocycles. The Morgan fingerprint density at radius 1 is 1.21 bits per heavy atom. The Balaban J connectivity index is 3.20. The molecule has 0 saturated carbocycles. The van der Waals surface area contributed by atoms with E-state index in [1.807, 2.05) is 0 Å². The lowest BCUT2D eigenvalue weighted by Gasteiger charge is -1.99.